The van der Waals surface area contributed by atoms with Crippen molar-refractivity contribution in [3.8, 4) is 11.1 Å². The van der Waals surface area contributed by atoms with E-state index in [1.165, 1.54) is 4.90 Å². The summed E-state index contributed by atoms with van der Waals surface area (Å²) in [5.74, 6) is -1.55. The second-order valence-corrected chi connectivity index (χ2v) is 13.1. The second-order valence-electron chi connectivity index (χ2n) is 13.1. The Hall–Kier alpha value is -4.17. The Balaban J connectivity index is 1.79. The van der Waals surface area contributed by atoms with Gasteiger partial charge in [-0.1, -0.05) is 98.8 Å². The minimum Gasteiger partial charge on any atom is -0.480 e. The highest BCUT2D eigenvalue weighted by atomic mass is 16.6. The Labute approximate surface area is 260 Å². The van der Waals surface area contributed by atoms with Gasteiger partial charge in [0.2, 0.25) is 5.91 Å². The molecule has 1 fully saturated rings. The van der Waals surface area contributed by atoms with Crippen LogP contribution in [-0.2, 0) is 31.3 Å². The number of alkyl carbamates (subject to hydrolysis) is 1. The number of carboxylic acid groups (broad SMARTS) is 1. The number of carbonyl (C=O) groups is 3. The summed E-state index contributed by atoms with van der Waals surface area (Å²) in [6.45, 7) is 11.4. The average molecular weight is 601 g/mol. The lowest BCUT2D eigenvalue weighted by Gasteiger charge is -2.49. The van der Waals surface area contributed by atoms with E-state index in [2.05, 4.69) is 5.32 Å². The zero-order valence-electron chi connectivity index (χ0n) is 26.5. The fraction of sp³-hybridized carbons (Fsp3) is 0.417. The molecule has 1 aliphatic heterocycles. The molecular weight excluding hydrogens is 556 g/mol. The van der Waals surface area contributed by atoms with Crippen LogP contribution in [0.15, 0.2) is 84.9 Å². The minimum absolute atomic E-state index is 0.246. The van der Waals surface area contributed by atoms with Crippen LogP contribution in [0.25, 0.3) is 11.1 Å². The largest absolute Gasteiger partial charge is 0.480 e. The van der Waals surface area contributed by atoms with Crippen LogP contribution in [0.4, 0.5) is 4.79 Å². The Morgan fingerprint density at radius 2 is 1.43 bits per heavy atom. The van der Waals surface area contributed by atoms with Crippen molar-refractivity contribution in [1.29, 1.82) is 0 Å². The van der Waals surface area contributed by atoms with E-state index in [9.17, 15) is 19.5 Å². The summed E-state index contributed by atoms with van der Waals surface area (Å²) in [7, 11) is 0. The van der Waals surface area contributed by atoms with Gasteiger partial charge in [0, 0.05) is 12.0 Å². The molecule has 1 heterocycles. The first-order chi connectivity index (χ1) is 20.7. The summed E-state index contributed by atoms with van der Waals surface area (Å²) in [6.07, 6.45) is 0.147. The summed E-state index contributed by atoms with van der Waals surface area (Å²) in [5.41, 5.74) is 0.806. The van der Waals surface area contributed by atoms with Crippen LogP contribution < -0.4 is 5.32 Å². The number of rotatable bonds is 10. The first-order valence-corrected chi connectivity index (χ1v) is 15.1. The maximum atomic E-state index is 14.3. The van der Waals surface area contributed by atoms with E-state index >= 15 is 0 Å². The van der Waals surface area contributed by atoms with Gasteiger partial charge in [-0.15, -0.1) is 0 Å². The van der Waals surface area contributed by atoms with Crippen molar-refractivity contribution >= 4 is 18.0 Å². The van der Waals surface area contributed by atoms with E-state index in [1.807, 2.05) is 106 Å². The van der Waals surface area contributed by atoms with Crippen molar-refractivity contribution in [2.45, 2.75) is 84.3 Å². The number of benzene rings is 3. The van der Waals surface area contributed by atoms with Gasteiger partial charge in [0.25, 0.3) is 0 Å². The Bertz CT molecular complexity index is 1430. The van der Waals surface area contributed by atoms with Crippen molar-refractivity contribution in [2.24, 2.45) is 5.41 Å². The molecule has 234 valence electrons. The van der Waals surface area contributed by atoms with Gasteiger partial charge in [0.15, 0.2) is 0 Å². The molecule has 1 aliphatic rings. The van der Waals surface area contributed by atoms with Gasteiger partial charge in [0.05, 0.1) is 12.2 Å². The first kappa shape index (κ1) is 32.7. The Kier molecular flexibility index (Phi) is 9.84. The van der Waals surface area contributed by atoms with Crippen LogP contribution in [0.5, 0.6) is 0 Å². The van der Waals surface area contributed by atoms with Crippen molar-refractivity contribution in [3.63, 3.8) is 0 Å². The van der Waals surface area contributed by atoms with Crippen LogP contribution in [-0.4, -0.2) is 52.2 Å². The van der Waals surface area contributed by atoms with Crippen LogP contribution >= 0.6 is 0 Å². The molecule has 3 aromatic rings. The lowest BCUT2D eigenvalue weighted by atomic mass is 9.66. The molecule has 3 unspecified atom stereocenters. The van der Waals surface area contributed by atoms with Crippen molar-refractivity contribution in [1.82, 2.24) is 10.2 Å². The van der Waals surface area contributed by atoms with Gasteiger partial charge < -0.3 is 24.8 Å². The molecule has 0 spiro atoms. The third-order valence-electron chi connectivity index (χ3n) is 8.59. The highest BCUT2D eigenvalue weighted by Gasteiger charge is 2.54. The molecule has 4 rings (SSSR count). The number of carboxylic acids is 1. The molecule has 3 atom stereocenters. The van der Waals surface area contributed by atoms with E-state index in [0.717, 1.165) is 22.3 Å². The number of amides is 2. The number of carbonyl (C=O) groups excluding carboxylic acids is 2. The number of ether oxygens (including phenoxy) is 2. The molecule has 8 nitrogen and oxygen atoms in total. The minimum atomic E-state index is -1.17. The number of hydrogen-bond acceptors (Lipinski definition) is 5. The fourth-order valence-electron chi connectivity index (χ4n) is 5.76. The smallest absolute Gasteiger partial charge is 0.408 e. The van der Waals surface area contributed by atoms with E-state index in [-0.39, 0.29) is 13.2 Å². The fourth-order valence-corrected chi connectivity index (χ4v) is 5.76. The van der Waals surface area contributed by atoms with Crippen molar-refractivity contribution < 1.29 is 29.0 Å². The lowest BCUT2D eigenvalue weighted by Crippen LogP contribution is -2.63. The van der Waals surface area contributed by atoms with Gasteiger partial charge in [0.1, 0.15) is 17.7 Å². The predicted octanol–water partition coefficient (Wildman–Crippen LogP) is 6.78. The number of aliphatic carboxylic acids is 1. The number of hydrogen-bond donors (Lipinski definition) is 2. The van der Waals surface area contributed by atoms with Gasteiger partial charge in [-0.05, 0) is 62.8 Å². The van der Waals surface area contributed by atoms with E-state index in [4.69, 9.17) is 9.47 Å². The van der Waals surface area contributed by atoms with Crippen molar-refractivity contribution in [3.05, 3.63) is 96.1 Å². The third kappa shape index (κ3) is 7.30. The zero-order valence-corrected chi connectivity index (χ0v) is 26.5. The maximum Gasteiger partial charge on any atom is 0.408 e. The number of nitrogens with one attached hydrogen (secondary N) is 1. The SMILES string of the molecule is CC(C)(C)OC(=O)NC(C(=O)N1CCCC1C(=O)O)C(C)(C)C(C)(OCc1ccccc1)c1ccc(-c2ccccc2)cc1. The highest BCUT2D eigenvalue weighted by molar-refractivity contribution is 5.90. The van der Waals surface area contributed by atoms with Gasteiger partial charge in [-0.3, -0.25) is 4.79 Å². The summed E-state index contributed by atoms with van der Waals surface area (Å²) in [5, 5.41) is 12.7. The van der Waals surface area contributed by atoms with E-state index in [0.29, 0.717) is 12.8 Å². The zero-order chi connectivity index (χ0) is 32.1. The molecule has 8 heteroatoms. The summed E-state index contributed by atoms with van der Waals surface area (Å²) in [6, 6.07) is 25.6. The second kappa shape index (κ2) is 13.2. The average Bonchev–Trinajstić information content (AvgIpc) is 3.49. The highest BCUT2D eigenvalue weighted by Crippen LogP contribution is 2.47. The molecule has 1 saturated heterocycles. The molecule has 0 aliphatic carbocycles. The molecule has 2 N–H and O–H groups in total. The summed E-state index contributed by atoms with van der Waals surface area (Å²) >= 11 is 0. The lowest BCUT2D eigenvalue weighted by molar-refractivity contribution is -0.163. The maximum absolute atomic E-state index is 14.3. The number of likely N-dealkylation sites (tertiary alicyclic amines) is 1. The van der Waals surface area contributed by atoms with Gasteiger partial charge in [-0.2, -0.15) is 0 Å². The molecule has 0 saturated carbocycles. The van der Waals surface area contributed by atoms with Gasteiger partial charge in [-0.25, -0.2) is 9.59 Å². The topological polar surface area (TPSA) is 105 Å². The first-order valence-electron chi connectivity index (χ1n) is 15.1. The van der Waals surface area contributed by atoms with Crippen LogP contribution in [0.3, 0.4) is 0 Å². The Morgan fingerprint density at radius 3 is 2.00 bits per heavy atom. The molecular formula is C36H44N2O6. The Morgan fingerprint density at radius 1 is 0.864 bits per heavy atom. The normalized spacial score (nSPS) is 17.4. The third-order valence-corrected chi connectivity index (χ3v) is 8.59. The molecule has 3 aromatic carbocycles. The van der Waals surface area contributed by atoms with Gasteiger partial charge >= 0.3 is 12.1 Å². The summed E-state index contributed by atoms with van der Waals surface area (Å²) < 4.78 is 12.4. The molecule has 2 amide bonds. The van der Waals surface area contributed by atoms with Crippen molar-refractivity contribution in [2.75, 3.05) is 6.54 Å². The molecule has 44 heavy (non-hydrogen) atoms. The molecule has 0 bridgehead atoms. The number of nitrogens with zero attached hydrogens (tertiary/aromatic N) is 1. The van der Waals surface area contributed by atoms with Crippen LogP contribution in [0.2, 0.25) is 0 Å². The van der Waals surface area contributed by atoms with E-state index in [1.54, 1.807) is 20.8 Å². The van der Waals surface area contributed by atoms with Crippen LogP contribution in [0, 0.1) is 5.41 Å². The molecule has 0 aromatic heterocycles. The van der Waals surface area contributed by atoms with E-state index < -0.39 is 46.7 Å². The summed E-state index contributed by atoms with van der Waals surface area (Å²) in [4.78, 5) is 41.0. The standard InChI is InChI=1S/C36H44N2O6/c1-34(2,3)44-33(42)37-30(31(39)38-23-13-18-29(38)32(40)41)35(4,5)36(6,43-24-25-14-9-7-10-15-25)28-21-19-27(20-22-28)26-16-11-8-12-17-26/h7-12,14-17,19-22,29-30H,13,18,23-24H2,1-6H3,(H,37,42)(H,40,41). The molecule has 0 radical (unpaired) electrons. The monoisotopic (exact) mass is 600 g/mol. The quantitative estimate of drug-likeness (QED) is 0.266. The predicted molar refractivity (Wildman–Crippen MR) is 170 cm³/mol. The van der Waals surface area contributed by atoms with Crippen LogP contribution in [0.1, 0.15) is 65.5 Å².